The Morgan fingerprint density at radius 2 is 1.93 bits per heavy atom. The second-order valence-corrected chi connectivity index (χ2v) is 7.24. The molecule has 0 saturated carbocycles. The van der Waals surface area contributed by atoms with Gasteiger partial charge < -0.3 is 9.88 Å². The van der Waals surface area contributed by atoms with E-state index in [4.69, 9.17) is 23.2 Å². The summed E-state index contributed by atoms with van der Waals surface area (Å²) in [6.07, 6.45) is 1.52. The quantitative estimate of drug-likeness (QED) is 0.404. The Morgan fingerprint density at radius 3 is 2.59 bits per heavy atom. The molecule has 3 aromatic rings. The summed E-state index contributed by atoms with van der Waals surface area (Å²) >= 11 is 11.8. The number of nitrogens with zero attached hydrogens (tertiary/aromatic N) is 2. The van der Waals surface area contributed by atoms with Crippen LogP contribution in [0.3, 0.4) is 0 Å². The molecule has 2 aromatic carbocycles. The number of amides is 1. The Hall–Kier alpha value is -3.07. The molecule has 0 radical (unpaired) electrons. The van der Waals surface area contributed by atoms with E-state index in [9.17, 15) is 14.4 Å². The molecule has 4 nitrogen and oxygen atoms in total. The number of hydrogen-bond donors (Lipinski definition) is 1. The van der Waals surface area contributed by atoms with Crippen molar-refractivity contribution >= 4 is 40.9 Å². The van der Waals surface area contributed by atoms with Crippen LogP contribution in [0.1, 0.15) is 17.0 Å². The van der Waals surface area contributed by atoms with Crippen LogP contribution in [0.15, 0.2) is 54.1 Å². The highest BCUT2D eigenvalue weighted by Gasteiger charge is 2.15. The number of aromatic nitrogens is 1. The number of anilines is 1. The minimum Gasteiger partial charge on any atom is -0.321 e. The molecule has 1 heterocycles. The van der Waals surface area contributed by atoms with Gasteiger partial charge in [0, 0.05) is 27.8 Å². The number of benzene rings is 2. The Kier molecular flexibility index (Phi) is 6.07. The average Bonchev–Trinajstić information content (AvgIpc) is 2.95. The summed E-state index contributed by atoms with van der Waals surface area (Å²) in [5.74, 6) is -1.04. The molecule has 0 aliphatic carbocycles. The van der Waals surface area contributed by atoms with Crippen molar-refractivity contribution in [3.05, 3.63) is 86.9 Å². The number of rotatable bonds is 4. The third kappa shape index (κ3) is 4.51. The Labute approximate surface area is 177 Å². The fourth-order valence-electron chi connectivity index (χ4n) is 3.02. The molecule has 0 saturated heterocycles. The summed E-state index contributed by atoms with van der Waals surface area (Å²) in [5, 5.41) is 12.6. The lowest BCUT2D eigenvalue weighted by Crippen LogP contribution is -2.13. The molecule has 0 aliphatic heterocycles. The van der Waals surface area contributed by atoms with Gasteiger partial charge in [-0.3, -0.25) is 4.79 Å². The number of aryl methyl sites for hydroxylation is 1. The summed E-state index contributed by atoms with van der Waals surface area (Å²) in [4.78, 5) is 12.5. The van der Waals surface area contributed by atoms with Crippen LogP contribution in [0.2, 0.25) is 10.0 Å². The zero-order valence-electron chi connectivity index (χ0n) is 15.6. The Morgan fingerprint density at radius 1 is 1.17 bits per heavy atom. The van der Waals surface area contributed by atoms with Crippen LogP contribution in [-0.4, -0.2) is 10.5 Å². The highest BCUT2D eigenvalue weighted by molar-refractivity contribution is 6.31. The lowest BCUT2D eigenvalue weighted by atomic mass is 10.1. The van der Waals surface area contributed by atoms with E-state index in [0.717, 1.165) is 11.4 Å². The van der Waals surface area contributed by atoms with Crippen LogP contribution < -0.4 is 5.32 Å². The molecule has 3 rings (SSSR count). The molecule has 1 N–H and O–H groups in total. The number of nitrogens with one attached hydrogen (secondary N) is 1. The number of nitriles is 1. The second-order valence-electron chi connectivity index (χ2n) is 6.39. The molecule has 0 aliphatic rings. The second kappa shape index (κ2) is 8.52. The molecule has 0 unspecified atom stereocenters. The van der Waals surface area contributed by atoms with Crippen LogP contribution in [0.25, 0.3) is 11.8 Å². The zero-order chi connectivity index (χ0) is 21.1. The van der Waals surface area contributed by atoms with Gasteiger partial charge in [-0.05, 0) is 68.0 Å². The number of hydrogen-bond acceptors (Lipinski definition) is 2. The monoisotopic (exact) mass is 427 g/mol. The Balaban J connectivity index is 1.95. The van der Waals surface area contributed by atoms with E-state index in [1.54, 1.807) is 30.3 Å². The summed E-state index contributed by atoms with van der Waals surface area (Å²) in [5.41, 5.74) is 3.46. The van der Waals surface area contributed by atoms with Crippen LogP contribution >= 0.6 is 23.2 Å². The number of halogens is 3. The molecule has 146 valence electrons. The minimum atomic E-state index is -0.538. The summed E-state index contributed by atoms with van der Waals surface area (Å²) in [6, 6.07) is 14.9. The van der Waals surface area contributed by atoms with Gasteiger partial charge in [0.1, 0.15) is 17.5 Å². The topological polar surface area (TPSA) is 57.8 Å². The van der Waals surface area contributed by atoms with Gasteiger partial charge in [0.2, 0.25) is 0 Å². The minimum absolute atomic E-state index is 0.0192. The van der Waals surface area contributed by atoms with E-state index in [2.05, 4.69) is 5.32 Å². The van der Waals surface area contributed by atoms with E-state index in [1.165, 1.54) is 18.2 Å². The number of carbonyl (C=O) groups is 1. The van der Waals surface area contributed by atoms with E-state index >= 15 is 0 Å². The first-order valence-electron chi connectivity index (χ1n) is 8.63. The molecule has 7 heteroatoms. The standard InChI is InChI=1S/C22H16Cl2FN3O/c1-13-8-15(14(2)28(13)19-6-7-21(25)20(24)11-19)9-16(12-26)22(29)27-18-5-3-4-17(23)10-18/h3-11H,1-2H3,(H,27,29)/b16-9-. The Bertz CT molecular complexity index is 1180. The van der Waals surface area contributed by atoms with Gasteiger partial charge in [0.05, 0.1) is 5.02 Å². The SMILES string of the molecule is Cc1cc(/C=C(/C#N)C(=O)Nc2cccc(Cl)c2)c(C)n1-c1ccc(F)c(Cl)c1. The van der Waals surface area contributed by atoms with Gasteiger partial charge in [0.15, 0.2) is 0 Å². The maximum atomic E-state index is 13.5. The molecule has 0 bridgehead atoms. The largest absolute Gasteiger partial charge is 0.321 e. The van der Waals surface area contributed by atoms with Gasteiger partial charge >= 0.3 is 0 Å². The van der Waals surface area contributed by atoms with Crippen molar-refractivity contribution in [1.29, 1.82) is 5.26 Å². The summed E-state index contributed by atoms with van der Waals surface area (Å²) in [7, 11) is 0. The lowest BCUT2D eigenvalue weighted by molar-refractivity contribution is -0.112. The highest BCUT2D eigenvalue weighted by Crippen LogP contribution is 2.26. The third-order valence-electron chi connectivity index (χ3n) is 4.38. The normalized spacial score (nSPS) is 11.2. The van der Waals surface area contributed by atoms with Gasteiger partial charge in [0.25, 0.3) is 5.91 Å². The molecule has 29 heavy (non-hydrogen) atoms. The number of carbonyl (C=O) groups excluding carboxylic acids is 1. The smallest absolute Gasteiger partial charge is 0.266 e. The van der Waals surface area contributed by atoms with E-state index in [-0.39, 0.29) is 10.6 Å². The molecule has 0 atom stereocenters. The van der Waals surface area contributed by atoms with Crippen molar-refractivity contribution < 1.29 is 9.18 Å². The molecular formula is C22H16Cl2FN3O. The maximum absolute atomic E-state index is 13.5. The fraction of sp³-hybridized carbons (Fsp3) is 0.0909. The molecule has 0 spiro atoms. The summed E-state index contributed by atoms with van der Waals surface area (Å²) < 4.78 is 15.4. The van der Waals surface area contributed by atoms with Gasteiger partial charge in [-0.15, -0.1) is 0 Å². The molecule has 0 fully saturated rings. The first-order valence-corrected chi connectivity index (χ1v) is 9.39. The van der Waals surface area contributed by atoms with Crippen molar-refractivity contribution in [2.45, 2.75) is 13.8 Å². The van der Waals surface area contributed by atoms with Gasteiger partial charge in [-0.25, -0.2) is 4.39 Å². The van der Waals surface area contributed by atoms with Crippen LogP contribution in [0.4, 0.5) is 10.1 Å². The van der Waals surface area contributed by atoms with E-state index in [1.807, 2.05) is 30.6 Å². The maximum Gasteiger partial charge on any atom is 0.266 e. The molecule has 1 aromatic heterocycles. The molecular weight excluding hydrogens is 412 g/mol. The van der Waals surface area contributed by atoms with Crippen LogP contribution in [-0.2, 0) is 4.79 Å². The van der Waals surface area contributed by atoms with Crippen molar-refractivity contribution in [3.63, 3.8) is 0 Å². The van der Waals surface area contributed by atoms with Crippen molar-refractivity contribution in [3.8, 4) is 11.8 Å². The predicted molar refractivity (Wildman–Crippen MR) is 114 cm³/mol. The van der Waals surface area contributed by atoms with E-state index < -0.39 is 11.7 Å². The highest BCUT2D eigenvalue weighted by atomic mass is 35.5. The van der Waals surface area contributed by atoms with Gasteiger partial charge in [-0.1, -0.05) is 29.3 Å². The molecule has 1 amide bonds. The van der Waals surface area contributed by atoms with Crippen molar-refractivity contribution in [2.24, 2.45) is 0 Å². The predicted octanol–water partition coefficient (Wildman–Crippen LogP) is 6.09. The van der Waals surface area contributed by atoms with Crippen LogP contribution in [0, 0.1) is 31.0 Å². The first kappa shape index (κ1) is 20.7. The first-order chi connectivity index (χ1) is 13.8. The van der Waals surface area contributed by atoms with E-state index in [0.29, 0.717) is 22.0 Å². The van der Waals surface area contributed by atoms with Gasteiger partial charge in [-0.2, -0.15) is 5.26 Å². The summed E-state index contributed by atoms with van der Waals surface area (Å²) in [6.45, 7) is 3.72. The van der Waals surface area contributed by atoms with Crippen molar-refractivity contribution in [2.75, 3.05) is 5.32 Å². The fourth-order valence-corrected chi connectivity index (χ4v) is 3.39. The zero-order valence-corrected chi connectivity index (χ0v) is 17.1. The third-order valence-corrected chi connectivity index (χ3v) is 4.90. The van der Waals surface area contributed by atoms with Crippen molar-refractivity contribution in [1.82, 2.24) is 4.57 Å². The lowest BCUT2D eigenvalue weighted by Gasteiger charge is -2.10. The average molecular weight is 428 g/mol. The van der Waals surface area contributed by atoms with Crippen LogP contribution in [0.5, 0.6) is 0 Å².